The van der Waals surface area contributed by atoms with Gasteiger partial charge in [0.2, 0.25) is 5.91 Å². The van der Waals surface area contributed by atoms with E-state index in [2.05, 4.69) is 30.5 Å². The van der Waals surface area contributed by atoms with Crippen LogP contribution in [0.3, 0.4) is 0 Å². The molecule has 11 heteroatoms. The van der Waals surface area contributed by atoms with E-state index in [1.54, 1.807) is 18.3 Å². The predicted molar refractivity (Wildman–Crippen MR) is 135 cm³/mol. The summed E-state index contributed by atoms with van der Waals surface area (Å²) in [4.78, 5) is 41.2. The van der Waals surface area contributed by atoms with E-state index in [-0.39, 0.29) is 11.9 Å². The number of anilines is 1. The van der Waals surface area contributed by atoms with Crippen molar-refractivity contribution in [3.8, 4) is 0 Å². The number of amides is 2. The second-order valence-electron chi connectivity index (χ2n) is 9.11. The van der Waals surface area contributed by atoms with Crippen molar-refractivity contribution >= 4 is 40.5 Å². The first-order valence-corrected chi connectivity index (χ1v) is 11.9. The van der Waals surface area contributed by atoms with E-state index in [1.807, 2.05) is 37.2 Å². The number of carbonyl (C=O) groups is 2. The van der Waals surface area contributed by atoms with E-state index in [1.165, 1.54) is 6.33 Å². The number of hydrogen-bond acceptors (Lipinski definition) is 6. The Morgan fingerprint density at radius 1 is 1.20 bits per heavy atom. The molecule has 1 aliphatic rings. The summed E-state index contributed by atoms with van der Waals surface area (Å²) in [5, 5.41) is 16.7. The molecule has 0 spiro atoms. The SMILES string of the molecule is CN(C)CCC(NC(=O)C1(NC(=O)O)CCN(c2ncnc3[nH]ccc23)CC1)c1ccc(Cl)cc1. The highest BCUT2D eigenvalue weighted by atomic mass is 35.5. The lowest BCUT2D eigenvalue weighted by Crippen LogP contribution is -2.63. The second kappa shape index (κ2) is 10.5. The van der Waals surface area contributed by atoms with Crippen LogP contribution in [-0.2, 0) is 4.79 Å². The van der Waals surface area contributed by atoms with Gasteiger partial charge in [0.25, 0.3) is 0 Å². The summed E-state index contributed by atoms with van der Waals surface area (Å²) < 4.78 is 0. The molecule has 0 saturated carbocycles. The van der Waals surface area contributed by atoms with Crippen molar-refractivity contribution in [1.29, 1.82) is 0 Å². The highest BCUT2D eigenvalue weighted by Gasteiger charge is 2.44. The highest BCUT2D eigenvalue weighted by Crippen LogP contribution is 2.30. The summed E-state index contributed by atoms with van der Waals surface area (Å²) in [7, 11) is 3.94. The first-order chi connectivity index (χ1) is 16.8. The first kappa shape index (κ1) is 24.7. The molecule has 2 aromatic heterocycles. The van der Waals surface area contributed by atoms with Gasteiger partial charge in [-0.2, -0.15) is 0 Å². The van der Waals surface area contributed by atoms with Gasteiger partial charge in [-0.3, -0.25) is 4.79 Å². The Bertz CT molecular complexity index is 1170. The van der Waals surface area contributed by atoms with Crippen molar-refractivity contribution in [3.05, 3.63) is 53.4 Å². The molecule has 0 aliphatic carbocycles. The Morgan fingerprint density at radius 3 is 2.57 bits per heavy atom. The Hall–Kier alpha value is -3.37. The summed E-state index contributed by atoms with van der Waals surface area (Å²) in [6.45, 7) is 1.68. The number of carboxylic acid groups (broad SMARTS) is 1. The largest absolute Gasteiger partial charge is 0.465 e. The van der Waals surface area contributed by atoms with Crippen molar-refractivity contribution in [1.82, 2.24) is 30.5 Å². The minimum absolute atomic E-state index is 0.283. The fourth-order valence-corrected chi connectivity index (χ4v) is 4.65. The topological polar surface area (TPSA) is 126 Å². The summed E-state index contributed by atoms with van der Waals surface area (Å²) in [5.41, 5.74) is 0.415. The monoisotopic (exact) mass is 499 g/mol. The van der Waals surface area contributed by atoms with Crippen LogP contribution in [0.4, 0.5) is 10.6 Å². The highest BCUT2D eigenvalue weighted by molar-refractivity contribution is 6.30. The number of hydrogen-bond donors (Lipinski definition) is 4. The molecule has 10 nitrogen and oxygen atoms in total. The van der Waals surface area contributed by atoms with Gasteiger partial charge in [-0.15, -0.1) is 0 Å². The molecule has 1 unspecified atom stereocenters. The predicted octanol–water partition coefficient (Wildman–Crippen LogP) is 3.03. The number of nitrogens with zero attached hydrogens (tertiary/aromatic N) is 4. The molecular formula is C24H30ClN7O3. The van der Waals surface area contributed by atoms with Crippen molar-refractivity contribution in [2.45, 2.75) is 30.8 Å². The molecule has 2 amide bonds. The number of H-pyrrole nitrogens is 1. The molecule has 3 aromatic rings. The maximum atomic E-state index is 13.6. The van der Waals surface area contributed by atoms with E-state index in [4.69, 9.17) is 11.6 Å². The number of rotatable bonds is 8. The third-order valence-electron chi connectivity index (χ3n) is 6.47. The van der Waals surface area contributed by atoms with E-state index in [0.717, 1.165) is 29.0 Å². The van der Waals surface area contributed by atoms with Crippen LogP contribution < -0.4 is 15.5 Å². The Labute approximate surface area is 208 Å². The molecular weight excluding hydrogens is 470 g/mol. The molecule has 1 atom stereocenters. The van der Waals surface area contributed by atoms with Gasteiger partial charge in [0.15, 0.2) is 0 Å². The molecule has 4 N–H and O–H groups in total. The molecule has 35 heavy (non-hydrogen) atoms. The quantitative estimate of drug-likeness (QED) is 0.375. The maximum absolute atomic E-state index is 13.6. The van der Waals surface area contributed by atoms with Crippen molar-refractivity contribution in [2.24, 2.45) is 0 Å². The van der Waals surface area contributed by atoms with Crippen LogP contribution in [0.5, 0.6) is 0 Å². The minimum atomic E-state index is -1.24. The number of nitrogens with one attached hydrogen (secondary N) is 3. The summed E-state index contributed by atoms with van der Waals surface area (Å²) >= 11 is 6.06. The van der Waals surface area contributed by atoms with Crippen LogP contribution in [0.25, 0.3) is 11.0 Å². The van der Waals surface area contributed by atoms with Crippen molar-refractivity contribution < 1.29 is 14.7 Å². The van der Waals surface area contributed by atoms with E-state index < -0.39 is 11.6 Å². The van der Waals surface area contributed by atoms with Gasteiger partial charge in [-0.25, -0.2) is 14.8 Å². The summed E-state index contributed by atoms with van der Waals surface area (Å²) in [6, 6.07) is 8.99. The zero-order chi connectivity index (χ0) is 25.0. The standard InChI is InChI=1S/C24H30ClN7O3/c1-31(2)12-8-19(16-3-5-17(25)6-4-16)29-22(33)24(30-23(34)35)9-13-32(14-10-24)21-18-7-11-26-20(18)27-15-28-21/h3-7,11,15,19,30H,8-10,12-14H2,1-2H3,(H,29,33)(H,34,35)(H,26,27,28). The molecule has 0 bridgehead atoms. The number of benzene rings is 1. The van der Waals surface area contributed by atoms with Crippen LogP contribution >= 0.6 is 11.6 Å². The second-order valence-corrected chi connectivity index (χ2v) is 9.54. The van der Waals surface area contributed by atoms with Crippen LogP contribution in [0.1, 0.15) is 30.9 Å². The first-order valence-electron chi connectivity index (χ1n) is 11.5. The van der Waals surface area contributed by atoms with Gasteiger partial charge in [-0.1, -0.05) is 23.7 Å². The fourth-order valence-electron chi connectivity index (χ4n) is 4.53. The molecule has 1 fully saturated rings. The lowest BCUT2D eigenvalue weighted by molar-refractivity contribution is -0.129. The summed E-state index contributed by atoms with van der Waals surface area (Å²) in [6.07, 6.45) is 3.37. The minimum Gasteiger partial charge on any atom is -0.465 e. The lowest BCUT2D eigenvalue weighted by atomic mass is 9.85. The van der Waals surface area contributed by atoms with Crippen LogP contribution in [0.2, 0.25) is 5.02 Å². The normalized spacial score (nSPS) is 16.3. The Kier molecular flexibility index (Phi) is 7.42. The molecule has 0 radical (unpaired) electrons. The number of aromatic nitrogens is 3. The Balaban J connectivity index is 1.54. The van der Waals surface area contributed by atoms with E-state index in [9.17, 15) is 14.7 Å². The average Bonchev–Trinajstić information content (AvgIpc) is 3.31. The number of carbonyl (C=O) groups excluding carboxylic acids is 1. The molecule has 4 rings (SSSR count). The van der Waals surface area contributed by atoms with Gasteiger partial charge in [0.05, 0.1) is 11.4 Å². The van der Waals surface area contributed by atoms with Crippen LogP contribution in [-0.4, -0.2) is 76.2 Å². The lowest BCUT2D eigenvalue weighted by Gasteiger charge is -2.41. The van der Waals surface area contributed by atoms with Gasteiger partial charge in [0.1, 0.15) is 23.3 Å². The van der Waals surface area contributed by atoms with Gasteiger partial charge < -0.3 is 30.5 Å². The fraction of sp³-hybridized carbons (Fsp3) is 0.417. The summed E-state index contributed by atoms with van der Waals surface area (Å²) in [5.74, 6) is 0.443. The van der Waals surface area contributed by atoms with E-state index >= 15 is 0 Å². The average molecular weight is 500 g/mol. The molecule has 3 heterocycles. The molecule has 1 aliphatic heterocycles. The number of aromatic amines is 1. The van der Waals surface area contributed by atoms with Gasteiger partial charge >= 0.3 is 6.09 Å². The molecule has 1 saturated heterocycles. The third-order valence-corrected chi connectivity index (χ3v) is 6.72. The molecule has 186 valence electrons. The Morgan fingerprint density at radius 2 is 1.91 bits per heavy atom. The van der Waals surface area contributed by atoms with E-state index in [0.29, 0.717) is 37.4 Å². The maximum Gasteiger partial charge on any atom is 0.405 e. The van der Waals surface area contributed by atoms with Crippen LogP contribution in [0, 0.1) is 0 Å². The number of piperidine rings is 1. The van der Waals surface area contributed by atoms with Crippen molar-refractivity contribution in [2.75, 3.05) is 38.6 Å². The van der Waals surface area contributed by atoms with Gasteiger partial charge in [-0.05, 0) is 63.7 Å². The zero-order valence-electron chi connectivity index (χ0n) is 19.8. The van der Waals surface area contributed by atoms with Gasteiger partial charge in [0, 0.05) is 24.3 Å². The molecule has 1 aromatic carbocycles. The van der Waals surface area contributed by atoms with Crippen molar-refractivity contribution in [3.63, 3.8) is 0 Å². The van der Waals surface area contributed by atoms with Crippen LogP contribution in [0.15, 0.2) is 42.9 Å². The third kappa shape index (κ3) is 5.66. The number of halogens is 1. The number of fused-ring (bicyclic) bond motifs is 1. The zero-order valence-corrected chi connectivity index (χ0v) is 20.5. The smallest absolute Gasteiger partial charge is 0.405 e.